The van der Waals surface area contributed by atoms with Gasteiger partial charge in [0, 0.05) is 26.0 Å². The highest BCUT2D eigenvalue weighted by molar-refractivity contribution is 7.15. The predicted octanol–water partition coefficient (Wildman–Crippen LogP) is 3.19. The average molecular weight is 273 g/mol. The largest absolute Gasteiger partial charge is 0.427 e. The lowest BCUT2D eigenvalue weighted by molar-refractivity contribution is -0.134. The first-order chi connectivity index (χ1) is 8.47. The normalized spacial score (nSPS) is 11.6. The van der Waals surface area contributed by atoms with Crippen LogP contribution in [0.2, 0.25) is 0 Å². The van der Waals surface area contributed by atoms with Gasteiger partial charge in [-0.3, -0.25) is 4.98 Å². The third-order valence-corrected chi connectivity index (χ3v) is 3.42. The molecule has 0 unspecified atom stereocenters. The Bertz CT molecular complexity index is 510. The van der Waals surface area contributed by atoms with Crippen LogP contribution in [0.25, 0.3) is 0 Å². The summed E-state index contributed by atoms with van der Waals surface area (Å²) in [6.07, 6.45) is -0.172. The zero-order valence-corrected chi connectivity index (χ0v) is 10.3. The van der Waals surface area contributed by atoms with Crippen LogP contribution in [0.1, 0.15) is 10.4 Å². The molecular formula is C11H10F3N3S. The number of rotatable bonds is 3. The number of pyridine rings is 1. The lowest BCUT2D eigenvalue weighted by atomic mass is 10.2. The van der Waals surface area contributed by atoms with Gasteiger partial charge in [-0.25, -0.2) is 4.98 Å². The summed E-state index contributed by atoms with van der Waals surface area (Å²) in [5.41, 5.74) is 0.969. The van der Waals surface area contributed by atoms with E-state index in [-0.39, 0.29) is 0 Å². The minimum atomic E-state index is -4.33. The van der Waals surface area contributed by atoms with Gasteiger partial charge in [-0.05, 0) is 17.7 Å². The third kappa shape index (κ3) is 2.98. The Morgan fingerprint density at radius 2 is 1.94 bits per heavy atom. The number of alkyl halides is 3. The SMILES string of the molecule is CN(Cc1ccncc1)c1ncc(C(F)(F)F)s1. The molecule has 0 saturated heterocycles. The summed E-state index contributed by atoms with van der Waals surface area (Å²) < 4.78 is 37.3. The topological polar surface area (TPSA) is 29.0 Å². The van der Waals surface area contributed by atoms with Crippen molar-refractivity contribution in [3.05, 3.63) is 41.2 Å². The summed E-state index contributed by atoms with van der Waals surface area (Å²) in [4.78, 5) is 8.66. The Labute approximate surface area is 106 Å². The van der Waals surface area contributed by atoms with Crippen molar-refractivity contribution in [2.75, 3.05) is 11.9 Å². The van der Waals surface area contributed by atoms with Gasteiger partial charge in [0.2, 0.25) is 0 Å². The zero-order chi connectivity index (χ0) is 13.2. The third-order valence-electron chi connectivity index (χ3n) is 2.27. The number of halogens is 3. The molecule has 7 heteroatoms. The predicted molar refractivity (Wildman–Crippen MR) is 63.5 cm³/mol. The first-order valence-electron chi connectivity index (χ1n) is 5.10. The second-order valence-corrected chi connectivity index (χ2v) is 4.73. The highest BCUT2D eigenvalue weighted by Gasteiger charge is 2.33. The lowest BCUT2D eigenvalue weighted by Crippen LogP contribution is -2.15. The molecule has 2 rings (SSSR count). The molecular weight excluding hydrogens is 263 g/mol. The summed E-state index contributed by atoms with van der Waals surface area (Å²) >= 11 is 0.641. The Balaban J connectivity index is 2.10. The van der Waals surface area contributed by atoms with Crippen molar-refractivity contribution < 1.29 is 13.2 Å². The Morgan fingerprint density at radius 1 is 1.28 bits per heavy atom. The molecule has 3 nitrogen and oxygen atoms in total. The summed E-state index contributed by atoms with van der Waals surface area (Å²) in [6.45, 7) is 0.493. The zero-order valence-electron chi connectivity index (χ0n) is 9.48. The highest BCUT2D eigenvalue weighted by Crippen LogP contribution is 2.36. The van der Waals surface area contributed by atoms with Crippen molar-refractivity contribution >= 4 is 16.5 Å². The smallest absolute Gasteiger partial charge is 0.347 e. The van der Waals surface area contributed by atoms with E-state index in [0.717, 1.165) is 11.8 Å². The Morgan fingerprint density at radius 3 is 2.50 bits per heavy atom. The highest BCUT2D eigenvalue weighted by atomic mass is 32.1. The summed E-state index contributed by atoms with van der Waals surface area (Å²) in [6, 6.07) is 3.63. The molecule has 0 aromatic carbocycles. The molecule has 96 valence electrons. The maximum Gasteiger partial charge on any atom is 0.427 e. The van der Waals surface area contributed by atoms with Crippen LogP contribution in [0.3, 0.4) is 0 Å². The van der Waals surface area contributed by atoms with E-state index in [4.69, 9.17) is 0 Å². The molecule has 2 heterocycles. The Kier molecular flexibility index (Phi) is 3.51. The van der Waals surface area contributed by atoms with Crippen LogP contribution in [0, 0.1) is 0 Å². The van der Waals surface area contributed by atoms with Gasteiger partial charge in [-0.2, -0.15) is 13.2 Å². The standard InChI is InChI=1S/C11H10F3N3S/c1-17(7-8-2-4-15-5-3-8)10-16-6-9(18-10)11(12,13)14/h2-6H,7H2,1H3. The van der Waals surface area contributed by atoms with Crippen LogP contribution in [0.4, 0.5) is 18.3 Å². The van der Waals surface area contributed by atoms with E-state index in [1.54, 1.807) is 24.3 Å². The van der Waals surface area contributed by atoms with Gasteiger partial charge >= 0.3 is 6.18 Å². The van der Waals surface area contributed by atoms with Crippen molar-refractivity contribution in [2.45, 2.75) is 12.7 Å². The number of nitrogens with zero attached hydrogens (tertiary/aromatic N) is 3. The minimum Gasteiger partial charge on any atom is -0.347 e. The van der Waals surface area contributed by atoms with Gasteiger partial charge < -0.3 is 4.90 Å². The second-order valence-electron chi connectivity index (χ2n) is 3.72. The summed E-state index contributed by atoms with van der Waals surface area (Å²) in [5, 5.41) is 0.346. The maximum atomic E-state index is 12.4. The number of thiazole rings is 1. The molecule has 0 N–H and O–H groups in total. The molecule has 18 heavy (non-hydrogen) atoms. The average Bonchev–Trinajstić information content (AvgIpc) is 2.79. The van der Waals surface area contributed by atoms with Crippen molar-refractivity contribution in [3.63, 3.8) is 0 Å². The van der Waals surface area contributed by atoms with Crippen molar-refractivity contribution in [3.8, 4) is 0 Å². The fourth-order valence-electron chi connectivity index (χ4n) is 1.40. The molecule has 0 spiro atoms. The van der Waals surface area contributed by atoms with Crippen molar-refractivity contribution in [1.29, 1.82) is 0 Å². The van der Waals surface area contributed by atoms with E-state index in [2.05, 4.69) is 9.97 Å². The van der Waals surface area contributed by atoms with Gasteiger partial charge in [0.15, 0.2) is 5.13 Å². The summed E-state index contributed by atoms with van der Waals surface area (Å²) in [5.74, 6) is 0. The van der Waals surface area contributed by atoms with E-state index in [1.165, 1.54) is 0 Å². The molecule has 0 radical (unpaired) electrons. The molecule has 0 amide bonds. The van der Waals surface area contributed by atoms with Crippen LogP contribution < -0.4 is 4.90 Å². The van der Waals surface area contributed by atoms with Gasteiger partial charge in [0.25, 0.3) is 0 Å². The number of hydrogen-bond donors (Lipinski definition) is 0. The molecule has 0 atom stereocenters. The van der Waals surface area contributed by atoms with E-state index in [0.29, 0.717) is 23.0 Å². The first kappa shape index (κ1) is 12.8. The first-order valence-corrected chi connectivity index (χ1v) is 5.91. The number of anilines is 1. The lowest BCUT2D eigenvalue weighted by Gasteiger charge is -2.15. The Hall–Kier alpha value is -1.63. The molecule has 0 saturated carbocycles. The van der Waals surface area contributed by atoms with Gasteiger partial charge in [0.1, 0.15) is 4.88 Å². The monoisotopic (exact) mass is 273 g/mol. The molecule has 0 aliphatic carbocycles. The van der Waals surface area contributed by atoms with Crippen LogP contribution in [-0.4, -0.2) is 17.0 Å². The van der Waals surface area contributed by atoms with Crippen molar-refractivity contribution in [1.82, 2.24) is 9.97 Å². The van der Waals surface area contributed by atoms with Gasteiger partial charge in [-0.1, -0.05) is 11.3 Å². The molecule has 0 bridgehead atoms. The van der Waals surface area contributed by atoms with Gasteiger partial charge in [-0.15, -0.1) is 0 Å². The molecule has 0 aliphatic heterocycles. The van der Waals surface area contributed by atoms with Crippen LogP contribution in [0.15, 0.2) is 30.7 Å². The maximum absolute atomic E-state index is 12.4. The number of hydrogen-bond acceptors (Lipinski definition) is 4. The van der Waals surface area contributed by atoms with E-state index in [9.17, 15) is 13.2 Å². The quantitative estimate of drug-likeness (QED) is 0.860. The fraction of sp³-hybridized carbons (Fsp3) is 0.273. The van der Waals surface area contributed by atoms with Gasteiger partial charge in [0.05, 0.1) is 6.20 Å². The molecule has 2 aromatic rings. The van der Waals surface area contributed by atoms with E-state index >= 15 is 0 Å². The van der Waals surface area contributed by atoms with Crippen LogP contribution in [-0.2, 0) is 12.7 Å². The summed E-state index contributed by atoms with van der Waals surface area (Å²) in [7, 11) is 1.71. The minimum absolute atomic E-state index is 0.346. The van der Waals surface area contributed by atoms with E-state index in [1.807, 2.05) is 12.1 Å². The van der Waals surface area contributed by atoms with E-state index < -0.39 is 11.1 Å². The molecule has 2 aromatic heterocycles. The van der Waals surface area contributed by atoms with Crippen LogP contribution >= 0.6 is 11.3 Å². The molecule has 0 aliphatic rings. The van der Waals surface area contributed by atoms with Crippen molar-refractivity contribution in [2.24, 2.45) is 0 Å². The van der Waals surface area contributed by atoms with Crippen LogP contribution in [0.5, 0.6) is 0 Å². The number of aromatic nitrogens is 2. The second kappa shape index (κ2) is 4.93. The fourth-order valence-corrected chi connectivity index (χ4v) is 2.15. The molecule has 0 fully saturated rings.